The molecule has 0 radical (unpaired) electrons. The van der Waals surface area contributed by atoms with Gasteiger partial charge in [-0.05, 0) is 48.4 Å². The molecule has 2 rings (SSSR count). The van der Waals surface area contributed by atoms with Crippen molar-refractivity contribution in [2.75, 3.05) is 40.7 Å². The van der Waals surface area contributed by atoms with Crippen LogP contribution < -0.4 is 19.5 Å². The molecule has 158 valence electrons. The second-order valence-electron chi connectivity index (χ2n) is 6.39. The molecule has 0 aliphatic heterocycles. The Hall–Kier alpha value is -2.78. The monoisotopic (exact) mass is 422 g/mol. The van der Waals surface area contributed by atoms with Crippen molar-refractivity contribution in [2.45, 2.75) is 17.7 Å². The number of benzene rings is 2. The van der Waals surface area contributed by atoms with Crippen molar-refractivity contribution in [2.24, 2.45) is 0 Å². The van der Waals surface area contributed by atoms with Crippen molar-refractivity contribution in [3.63, 3.8) is 0 Å². The van der Waals surface area contributed by atoms with Gasteiger partial charge in [0.1, 0.15) is 0 Å². The number of carbonyl (C=O) groups excluding carboxylic acids is 1. The van der Waals surface area contributed by atoms with E-state index in [4.69, 9.17) is 14.2 Å². The zero-order valence-corrected chi connectivity index (χ0v) is 18.0. The normalized spacial score (nSPS) is 11.2. The summed E-state index contributed by atoms with van der Waals surface area (Å²) in [6.07, 6.45) is 0.700. The predicted molar refractivity (Wildman–Crippen MR) is 110 cm³/mol. The highest BCUT2D eigenvalue weighted by Crippen LogP contribution is 2.38. The number of nitrogens with zero attached hydrogens (tertiary/aromatic N) is 1. The van der Waals surface area contributed by atoms with E-state index < -0.39 is 10.0 Å². The third-order valence-electron chi connectivity index (χ3n) is 4.28. The number of methoxy groups -OCH3 is 3. The Morgan fingerprint density at radius 2 is 1.52 bits per heavy atom. The van der Waals surface area contributed by atoms with Gasteiger partial charge < -0.3 is 19.5 Å². The van der Waals surface area contributed by atoms with E-state index in [0.717, 1.165) is 9.87 Å². The van der Waals surface area contributed by atoms with Crippen LogP contribution in [0.2, 0.25) is 0 Å². The van der Waals surface area contributed by atoms with Crippen LogP contribution in [-0.4, -0.2) is 54.1 Å². The second kappa shape index (κ2) is 9.62. The lowest BCUT2D eigenvalue weighted by atomic mass is 10.1. The molecule has 0 fully saturated rings. The third kappa shape index (κ3) is 5.39. The van der Waals surface area contributed by atoms with Crippen molar-refractivity contribution in [3.8, 4) is 17.2 Å². The molecule has 2 aromatic carbocycles. The fraction of sp³-hybridized carbons (Fsp3) is 0.350. The molecular weight excluding hydrogens is 396 g/mol. The summed E-state index contributed by atoms with van der Waals surface area (Å²) in [6, 6.07) is 9.65. The Morgan fingerprint density at radius 1 is 0.966 bits per heavy atom. The molecular formula is C20H26N2O6S. The summed E-state index contributed by atoms with van der Waals surface area (Å²) in [7, 11) is 4.03. The van der Waals surface area contributed by atoms with Crippen LogP contribution in [0.3, 0.4) is 0 Å². The molecule has 1 amide bonds. The Labute approximate surface area is 171 Å². The van der Waals surface area contributed by atoms with Crippen LogP contribution in [0.1, 0.15) is 12.0 Å². The maximum atomic E-state index is 12.3. The van der Waals surface area contributed by atoms with E-state index in [-0.39, 0.29) is 17.2 Å². The van der Waals surface area contributed by atoms with Crippen LogP contribution in [0.25, 0.3) is 0 Å². The Kier molecular flexibility index (Phi) is 7.46. The molecule has 8 nitrogen and oxygen atoms in total. The highest BCUT2D eigenvalue weighted by atomic mass is 32.2. The molecule has 0 saturated carbocycles. The number of nitrogens with one attached hydrogen (secondary N) is 1. The van der Waals surface area contributed by atoms with Crippen LogP contribution in [-0.2, 0) is 21.2 Å². The summed E-state index contributed by atoms with van der Waals surface area (Å²) < 4.78 is 41.2. The molecule has 0 aliphatic rings. The SMILES string of the molecule is COc1cc(CCC(=O)Nc2ccc(S(=O)(=O)N(C)C)cc2)cc(OC)c1OC. The van der Waals surface area contributed by atoms with Gasteiger partial charge in [0.15, 0.2) is 11.5 Å². The molecule has 0 spiro atoms. The fourth-order valence-electron chi connectivity index (χ4n) is 2.68. The summed E-state index contributed by atoms with van der Waals surface area (Å²) in [4.78, 5) is 12.4. The van der Waals surface area contributed by atoms with Gasteiger partial charge in [-0.25, -0.2) is 12.7 Å². The van der Waals surface area contributed by atoms with Gasteiger partial charge in [-0.15, -0.1) is 0 Å². The van der Waals surface area contributed by atoms with Crippen LogP contribution >= 0.6 is 0 Å². The number of hydrogen-bond acceptors (Lipinski definition) is 6. The lowest BCUT2D eigenvalue weighted by Gasteiger charge is -2.14. The first kappa shape index (κ1) is 22.5. The lowest BCUT2D eigenvalue weighted by molar-refractivity contribution is -0.116. The number of hydrogen-bond donors (Lipinski definition) is 1. The number of rotatable bonds is 9. The summed E-state index contributed by atoms with van der Waals surface area (Å²) in [5, 5.41) is 2.77. The molecule has 0 aromatic heterocycles. The van der Waals surface area contributed by atoms with Crippen molar-refractivity contribution in [1.29, 1.82) is 0 Å². The molecule has 0 saturated heterocycles. The highest BCUT2D eigenvalue weighted by molar-refractivity contribution is 7.89. The largest absolute Gasteiger partial charge is 0.493 e. The van der Waals surface area contributed by atoms with E-state index >= 15 is 0 Å². The van der Waals surface area contributed by atoms with E-state index in [9.17, 15) is 13.2 Å². The van der Waals surface area contributed by atoms with Gasteiger partial charge in [0.25, 0.3) is 0 Å². The lowest BCUT2D eigenvalue weighted by Crippen LogP contribution is -2.22. The predicted octanol–water partition coefficient (Wildman–Crippen LogP) is 2.53. The minimum absolute atomic E-state index is 0.165. The van der Waals surface area contributed by atoms with Gasteiger partial charge in [-0.2, -0.15) is 0 Å². The number of amides is 1. The summed E-state index contributed by atoms with van der Waals surface area (Å²) >= 11 is 0. The summed E-state index contributed by atoms with van der Waals surface area (Å²) in [5.74, 6) is 1.36. The third-order valence-corrected chi connectivity index (χ3v) is 6.11. The van der Waals surface area contributed by atoms with Crippen molar-refractivity contribution >= 4 is 21.6 Å². The maximum Gasteiger partial charge on any atom is 0.242 e. The Morgan fingerprint density at radius 3 is 1.97 bits per heavy atom. The van der Waals surface area contributed by atoms with E-state index in [1.54, 1.807) is 24.3 Å². The second-order valence-corrected chi connectivity index (χ2v) is 8.55. The number of ether oxygens (including phenoxy) is 3. The number of sulfonamides is 1. The van der Waals surface area contributed by atoms with E-state index in [1.165, 1.54) is 47.6 Å². The topological polar surface area (TPSA) is 94.2 Å². The van der Waals surface area contributed by atoms with Crippen LogP contribution in [0.15, 0.2) is 41.3 Å². The van der Waals surface area contributed by atoms with Gasteiger partial charge in [0.05, 0.1) is 26.2 Å². The van der Waals surface area contributed by atoms with E-state index in [1.807, 2.05) is 0 Å². The molecule has 2 aromatic rings. The summed E-state index contributed by atoms with van der Waals surface area (Å²) in [5.41, 5.74) is 1.39. The smallest absolute Gasteiger partial charge is 0.242 e. The maximum absolute atomic E-state index is 12.3. The van der Waals surface area contributed by atoms with Crippen LogP contribution in [0.4, 0.5) is 5.69 Å². The van der Waals surface area contributed by atoms with Gasteiger partial charge in [-0.1, -0.05) is 0 Å². The van der Waals surface area contributed by atoms with Gasteiger partial charge in [0.2, 0.25) is 21.7 Å². The molecule has 0 atom stereocenters. The first-order chi connectivity index (χ1) is 13.7. The van der Waals surface area contributed by atoms with Crippen molar-refractivity contribution in [1.82, 2.24) is 4.31 Å². The number of carbonyl (C=O) groups is 1. The number of aryl methyl sites for hydroxylation is 1. The molecule has 1 N–H and O–H groups in total. The van der Waals surface area contributed by atoms with Crippen LogP contribution in [0, 0.1) is 0 Å². The minimum Gasteiger partial charge on any atom is -0.493 e. The first-order valence-corrected chi connectivity index (χ1v) is 10.3. The molecule has 0 bridgehead atoms. The zero-order chi connectivity index (χ0) is 21.6. The average Bonchev–Trinajstić information content (AvgIpc) is 2.71. The zero-order valence-electron chi connectivity index (χ0n) is 17.2. The van der Waals surface area contributed by atoms with Crippen LogP contribution in [0.5, 0.6) is 17.2 Å². The quantitative estimate of drug-likeness (QED) is 0.667. The molecule has 0 unspecified atom stereocenters. The fourth-order valence-corrected chi connectivity index (χ4v) is 3.58. The minimum atomic E-state index is -3.50. The number of anilines is 1. The van der Waals surface area contributed by atoms with E-state index in [0.29, 0.717) is 29.4 Å². The van der Waals surface area contributed by atoms with E-state index in [2.05, 4.69) is 5.32 Å². The van der Waals surface area contributed by atoms with Gasteiger partial charge >= 0.3 is 0 Å². The molecule has 29 heavy (non-hydrogen) atoms. The standard InChI is InChI=1S/C20H26N2O6S/c1-22(2)29(24,25)16-9-7-15(8-10-16)21-19(23)11-6-14-12-17(26-3)20(28-5)18(13-14)27-4/h7-10,12-13H,6,11H2,1-5H3,(H,21,23). The van der Waals surface area contributed by atoms with Gasteiger partial charge in [0, 0.05) is 26.2 Å². The molecule has 9 heteroatoms. The van der Waals surface area contributed by atoms with Crippen molar-refractivity contribution < 1.29 is 27.4 Å². The first-order valence-electron chi connectivity index (χ1n) is 8.84. The Balaban J connectivity index is 2.03. The van der Waals surface area contributed by atoms with Crippen molar-refractivity contribution in [3.05, 3.63) is 42.0 Å². The Bertz CT molecular complexity index is 930. The highest BCUT2D eigenvalue weighted by Gasteiger charge is 2.17. The summed E-state index contributed by atoms with van der Waals surface area (Å²) in [6.45, 7) is 0. The molecule has 0 aliphatic carbocycles. The molecule has 0 heterocycles. The average molecular weight is 423 g/mol. The van der Waals surface area contributed by atoms with Gasteiger partial charge in [-0.3, -0.25) is 4.79 Å².